The molecule has 0 spiro atoms. The Hall–Kier alpha value is -0.100. The van der Waals surface area contributed by atoms with Crippen LogP contribution in [-0.2, 0) is 6.54 Å². The van der Waals surface area contributed by atoms with Gasteiger partial charge in [0.25, 0.3) is 0 Å². The topological polar surface area (TPSA) is 26.7 Å². The number of phenolic OH excluding ortho intramolecular Hbond substituents is 1. The van der Waals surface area contributed by atoms with E-state index in [1.165, 1.54) is 44.5 Å². The summed E-state index contributed by atoms with van der Waals surface area (Å²) in [5, 5.41) is 9.81. The van der Waals surface area contributed by atoms with Crippen molar-refractivity contribution in [3.8, 4) is 5.75 Å². The molecule has 3 nitrogen and oxygen atoms in total. The molecule has 0 aliphatic carbocycles. The lowest BCUT2D eigenvalue weighted by atomic mass is 9.84. The number of aromatic hydroxyl groups is 1. The minimum absolute atomic E-state index is 0.284. The van der Waals surface area contributed by atoms with Gasteiger partial charge >= 0.3 is 0 Å². The number of likely N-dealkylation sites (tertiary alicyclic amines) is 2. The zero-order chi connectivity index (χ0) is 15.0. The van der Waals surface area contributed by atoms with Gasteiger partial charge in [0.15, 0.2) is 0 Å². The van der Waals surface area contributed by atoms with E-state index in [1.807, 2.05) is 12.1 Å². The molecule has 2 fully saturated rings. The summed E-state index contributed by atoms with van der Waals surface area (Å²) in [7, 11) is 2.28. The molecule has 0 aromatic heterocycles. The van der Waals surface area contributed by atoms with Gasteiger partial charge in [0, 0.05) is 19.1 Å². The smallest absolute Gasteiger partial charge is 0.143 e. The molecule has 5 heteroatoms. The predicted molar refractivity (Wildman–Crippen MR) is 92.5 cm³/mol. The molecule has 2 unspecified atom stereocenters. The van der Waals surface area contributed by atoms with Gasteiger partial charge in [-0.15, -0.1) is 0 Å². The Bertz CT molecular complexity index is 500. The van der Waals surface area contributed by atoms with Gasteiger partial charge in [0.1, 0.15) is 5.75 Å². The minimum Gasteiger partial charge on any atom is -0.506 e. The van der Waals surface area contributed by atoms with Crippen molar-refractivity contribution in [2.45, 2.75) is 31.8 Å². The molecule has 0 bridgehead atoms. The fourth-order valence-corrected chi connectivity index (χ4v) is 5.12. The molecule has 0 amide bonds. The van der Waals surface area contributed by atoms with E-state index in [-0.39, 0.29) is 5.75 Å². The number of piperidine rings is 2. The van der Waals surface area contributed by atoms with Crippen LogP contribution < -0.4 is 0 Å². The summed E-state index contributed by atoms with van der Waals surface area (Å²) in [6.45, 7) is 4.59. The Kier molecular flexibility index (Phi) is 4.94. The Morgan fingerprint density at radius 2 is 1.90 bits per heavy atom. The van der Waals surface area contributed by atoms with Crippen LogP contribution >= 0.6 is 31.9 Å². The summed E-state index contributed by atoms with van der Waals surface area (Å²) in [5.41, 5.74) is 1.24. The largest absolute Gasteiger partial charge is 0.506 e. The van der Waals surface area contributed by atoms with Gasteiger partial charge in [0.2, 0.25) is 0 Å². The molecule has 116 valence electrons. The SMILES string of the molecule is CN1CCCC2CN(Cc3cc(Br)c(O)c(Br)c3)CCC21. The maximum atomic E-state index is 9.81. The fourth-order valence-electron chi connectivity index (χ4n) is 3.84. The lowest BCUT2D eigenvalue weighted by molar-refractivity contribution is 0.0355. The third-order valence-corrected chi connectivity index (χ3v) is 6.12. The number of benzene rings is 1. The van der Waals surface area contributed by atoms with E-state index in [0.29, 0.717) is 0 Å². The molecule has 0 saturated carbocycles. The van der Waals surface area contributed by atoms with Crippen LogP contribution in [0.15, 0.2) is 21.1 Å². The molecule has 2 atom stereocenters. The third-order valence-electron chi connectivity index (χ3n) is 4.91. The quantitative estimate of drug-likeness (QED) is 0.791. The predicted octanol–water partition coefficient (Wildman–Crippen LogP) is 3.83. The van der Waals surface area contributed by atoms with Crippen LogP contribution in [0.3, 0.4) is 0 Å². The number of hydrogen-bond acceptors (Lipinski definition) is 3. The van der Waals surface area contributed by atoms with Crippen molar-refractivity contribution in [1.29, 1.82) is 0 Å². The van der Waals surface area contributed by atoms with Gasteiger partial charge in [-0.25, -0.2) is 0 Å². The first-order chi connectivity index (χ1) is 10.0. The average molecular weight is 418 g/mol. The van der Waals surface area contributed by atoms with Crippen molar-refractivity contribution in [3.05, 3.63) is 26.6 Å². The van der Waals surface area contributed by atoms with E-state index < -0.39 is 0 Å². The van der Waals surface area contributed by atoms with E-state index in [4.69, 9.17) is 0 Å². The number of phenols is 1. The maximum Gasteiger partial charge on any atom is 0.143 e. The van der Waals surface area contributed by atoms with E-state index in [0.717, 1.165) is 27.4 Å². The van der Waals surface area contributed by atoms with E-state index in [9.17, 15) is 5.11 Å². The zero-order valence-corrected chi connectivity index (χ0v) is 15.5. The summed E-state index contributed by atoms with van der Waals surface area (Å²) in [5.74, 6) is 1.10. The van der Waals surface area contributed by atoms with E-state index in [2.05, 4.69) is 48.7 Å². The second-order valence-corrected chi connectivity index (χ2v) is 8.09. The van der Waals surface area contributed by atoms with Crippen LogP contribution in [0.4, 0.5) is 0 Å². The molecule has 1 N–H and O–H groups in total. The van der Waals surface area contributed by atoms with E-state index in [1.54, 1.807) is 0 Å². The Morgan fingerprint density at radius 3 is 2.62 bits per heavy atom. The van der Waals surface area contributed by atoms with E-state index >= 15 is 0 Å². The molecule has 0 radical (unpaired) electrons. The number of halogens is 2. The van der Waals surface area contributed by atoms with Gasteiger partial charge in [0.05, 0.1) is 8.95 Å². The summed E-state index contributed by atoms with van der Waals surface area (Å²) >= 11 is 6.84. The monoisotopic (exact) mass is 416 g/mol. The highest BCUT2D eigenvalue weighted by atomic mass is 79.9. The second-order valence-electron chi connectivity index (χ2n) is 6.38. The molecule has 2 aliphatic rings. The molecule has 3 rings (SSSR count). The van der Waals surface area contributed by atoms with Crippen LogP contribution in [0.5, 0.6) is 5.75 Å². The Balaban J connectivity index is 1.67. The Morgan fingerprint density at radius 1 is 1.19 bits per heavy atom. The number of rotatable bonds is 2. The van der Waals surface area contributed by atoms with Crippen molar-refractivity contribution in [1.82, 2.24) is 9.80 Å². The second kappa shape index (κ2) is 6.57. The van der Waals surface area contributed by atoms with Crippen molar-refractivity contribution >= 4 is 31.9 Å². The highest BCUT2D eigenvalue weighted by Gasteiger charge is 2.34. The summed E-state index contributed by atoms with van der Waals surface area (Å²) in [6, 6.07) is 4.84. The first-order valence-corrected chi connectivity index (χ1v) is 9.22. The van der Waals surface area contributed by atoms with Crippen molar-refractivity contribution in [3.63, 3.8) is 0 Å². The number of hydrogen-bond donors (Lipinski definition) is 1. The van der Waals surface area contributed by atoms with Crippen LogP contribution in [0.25, 0.3) is 0 Å². The molecule has 2 heterocycles. The standard InChI is InChI=1S/C16H22Br2N2O/c1-19-5-2-3-12-10-20(6-4-15(12)19)9-11-7-13(17)16(21)14(18)8-11/h7-8,12,15,21H,2-6,9-10H2,1H3. The molecular weight excluding hydrogens is 396 g/mol. The molecule has 2 saturated heterocycles. The highest BCUT2D eigenvalue weighted by molar-refractivity contribution is 9.11. The summed E-state index contributed by atoms with van der Waals surface area (Å²) < 4.78 is 1.53. The van der Waals surface area contributed by atoms with Gasteiger partial charge in [-0.3, -0.25) is 4.90 Å². The van der Waals surface area contributed by atoms with Crippen LogP contribution in [0, 0.1) is 5.92 Å². The van der Waals surface area contributed by atoms with Crippen LogP contribution in [-0.4, -0.2) is 47.6 Å². The lowest BCUT2D eigenvalue weighted by Crippen LogP contribution is -2.52. The lowest BCUT2D eigenvalue weighted by Gasteiger charge is -2.46. The van der Waals surface area contributed by atoms with Gasteiger partial charge in [-0.2, -0.15) is 0 Å². The zero-order valence-electron chi connectivity index (χ0n) is 12.4. The third kappa shape index (κ3) is 3.46. The molecule has 2 aliphatic heterocycles. The van der Waals surface area contributed by atoms with Crippen LogP contribution in [0.2, 0.25) is 0 Å². The molecule has 1 aromatic carbocycles. The minimum atomic E-state index is 0.284. The first kappa shape index (κ1) is 15.8. The summed E-state index contributed by atoms with van der Waals surface area (Å²) in [4.78, 5) is 5.12. The van der Waals surface area contributed by atoms with Crippen molar-refractivity contribution in [2.75, 3.05) is 26.7 Å². The van der Waals surface area contributed by atoms with Gasteiger partial charge in [-0.05, 0) is 94.9 Å². The van der Waals surface area contributed by atoms with Crippen LogP contribution in [0.1, 0.15) is 24.8 Å². The summed E-state index contributed by atoms with van der Waals surface area (Å²) in [6.07, 6.45) is 3.98. The Labute approximate surface area is 143 Å². The first-order valence-electron chi connectivity index (χ1n) is 7.64. The maximum absolute atomic E-state index is 9.81. The van der Waals surface area contributed by atoms with Crippen molar-refractivity contribution in [2.24, 2.45) is 5.92 Å². The highest BCUT2D eigenvalue weighted by Crippen LogP contribution is 2.35. The van der Waals surface area contributed by atoms with Gasteiger partial charge < -0.3 is 10.0 Å². The molecular formula is C16H22Br2N2O. The number of fused-ring (bicyclic) bond motifs is 1. The van der Waals surface area contributed by atoms with Crippen molar-refractivity contribution < 1.29 is 5.11 Å². The normalized spacial score (nSPS) is 27.6. The average Bonchev–Trinajstić information content (AvgIpc) is 2.45. The fraction of sp³-hybridized carbons (Fsp3) is 0.625. The molecule has 1 aromatic rings. The number of nitrogens with zero attached hydrogens (tertiary/aromatic N) is 2. The van der Waals surface area contributed by atoms with Gasteiger partial charge in [-0.1, -0.05) is 0 Å². The molecule has 21 heavy (non-hydrogen) atoms.